The van der Waals surface area contributed by atoms with E-state index < -0.39 is 12.1 Å². The summed E-state index contributed by atoms with van der Waals surface area (Å²) in [5.41, 5.74) is 2.55. The van der Waals surface area contributed by atoms with Gasteiger partial charge in [0.1, 0.15) is 0 Å². The monoisotopic (exact) mass is 375 g/mol. The van der Waals surface area contributed by atoms with Gasteiger partial charge in [-0.1, -0.05) is 42.5 Å². The standard InChI is InChI=1S/C20H25N3O2.ClH/c1-14(2)22-16-11-7-8-12-17(16)23(20(22)25)19(18(24)13-21-3)15-9-5-4-6-10-15;/h4-12,14,18-19,21,24H,13H2,1-3H3;1H/t18-,19-;/m0./s1. The Morgan fingerprint density at radius 2 is 1.50 bits per heavy atom. The Labute approximate surface area is 159 Å². The molecule has 2 aromatic carbocycles. The Morgan fingerprint density at radius 1 is 0.962 bits per heavy atom. The second-order valence-corrected chi connectivity index (χ2v) is 6.59. The number of aliphatic hydroxyl groups is 1. The molecule has 0 aliphatic carbocycles. The van der Waals surface area contributed by atoms with Crippen LogP contribution in [0.2, 0.25) is 0 Å². The van der Waals surface area contributed by atoms with Crippen LogP contribution in [0.3, 0.4) is 0 Å². The number of nitrogens with one attached hydrogen (secondary N) is 1. The zero-order chi connectivity index (χ0) is 18.0. The molecule has 0 saturated carbocycles. The molecule has 0 fully saturated rings. The van der Waals surface area contributed by atoms with Crippen molar-refractivity contribution in [3.8, 4) is 0 Å². The first-order valence-electron chi connectivity index (χ1n) is 8.65. The summed E-state index contributed by atoms with van der Waals surface area (Å²) >= 11 is 0. The summed E-state index contributed by atoms with van der Waals surface area (Å²) in [4.78, 5) is 13.2. The Kier molecular flexibility index (Phi) is 6.64. The number of imidazole rings is 1. The van der Waals surface area contributed by atoms with Crippen molar-refractivity contribution in [1.29, 1.82) is 0 Å². The first-order chi connectivity index (χ1) is 12.1. The minimum Gasteiger partial charge on any atom is -0.389 e. The highest BCUT2D eigenvalue weighted by Crippen LogP contribution is 2.27. The lowest BCUT2D eigenvalue weighted by atomic mass is 10.0. The van der Waals surface area contributed by atoms with E-state index in [2.05, 4.69) is 5.32 Å². The van der Waals surface area contributed by atoms with Crippen molar-refractivity contribution in [3.63, 3.8) is 0 Å². The van der Waals surface area contributed by atoms with E-state index in [1.807, 2.05) is 68.4 Å². The first-order valence-corrected chi connectivity index (χ1v) is 8.65. The van der Waals surface area contributed by atoms with Crippen molar-refractivity contribution >= 4 is 23.4 Å². The molecule has 26 heavy (non-hydrogen) atoms. The van der Waals surface area contributed by atoms with Crippen LogP contribution in [-0.4, -0.2) is 33.9 Å². The van der Waals surface area contributed by atoms with E-state index in [0.29, 0.717) is 6.54 Å². The maximum absolute atomic E-state index is 13.2. The van der Waals surface area contributed by atoms with Gasteiger partial charge in [-0.05, 0) is 38.6 Å². The molecule has 0 spiro atoms. The molecule has 2 atom stereocenters. The van der Waals surface area contributed by atoms with Crippen LogP contribution in [-0.2, 0) is 0 Å². The van der Waals surface area contributed by atoms with Gasteiger partial charge in [0.25, 0.3) is 0 Å². The Balaban J connectivity index is 0.00000243. The van der Waals surface area contributed by atoms with Crippen LogP contribution in [0.1, 0.15) is 31.5 Å². The van der Waals surface area contributed by atoms with Crippen LogP contribution in [0.25, 0.3) is 11.0 Å². The Bertz CT molecular complexity index is 902. The minimum absolute atomic E-state index is 0. The van der Waals surface area contributed by atoms with Crippen LogP contribution in [0.5, 0.6) is 0 Å². The summed E-state index contributed by atoms with van der Waals surface area (Å²) in [6.45, 7) is 4.40. The zero-order valence-electron chi connectivity index (χ0n) is 15.3. The van der Waals surface area contributed by atoms with Gasteiger partial charge < -0.3 is 10.4 Å². The SMILES string of the molecule is CNC[C@H](O)[C@H](c1ccccc1)n1c(=O)n(C(C)C)c2ccccc21.Cl. The molecular weight excluding hydrogens is 350 g/mol. The van der Waals surface area contributed by atoms with Crippen molar-refractivity contribution in [3.05, 3.63) is 70.6 Å². The lowest BCUT2D eigenvalue weighted by Gasteiger charge is -2.25. The van der Waals surface area contributed by atoms with E-state index >= 15 is 0 Å². The fourth-order valence-corrected chi connectivity index (χ4v) is 3.48. The molecule has 140 valence electrons. The second-order valence-electron chi connectivity index (χ2n) is 6.59. The number of hydrogen-bond donors (Lipinski definition) is 2. The van der Waals surface area contributed by atoms with E-state index in [9.17, 15) is 9.90 Å². The van der Waals surface area contributed by atoms with E-state index in [1.54, 1.807) is 16.2 Å². The van der Waals surface area contributed by atoms with Crippen molar-refractivity contribution < 1.29 is 5.11 Å². The summed E-state index contributed by atoms with van der Waals surface area (Å²) in [7, 11) is 1.80. The highest BCUT2D eigenvalue weighted by atomic mass is 35.5. The molecule has 2 N–H and O–H groups in total. The maximum atomic E-state index is 13.2. The number of hydrogen-bond acceptors (Lipinski definition) is 3. The summed E-state index contributed by atoms with van der Waals surface area (Å²) in [5.74, 6) is 0. The molecule has 1 aromatic heterocycles. The van der Waals surface area contributed by atoms with Crippen LogP contribution >= 0.6 is 12.4 Å². The van der Waals surface area contributed by atoms with Gasteiger partial charge in [0, 0.05) is 12.6 Å². The molecule has 1 heterocycles. The first kappa shape index (κ1) is 20.2. The number of halogens is 1. The van der Waals surface area contributed by atoms with Gasteiger partial charge in [-0.25, -0.2) is 4.79 Å². The summed E-state index contributed by atoms with van der Waals surface area (Å²) in [6, 6.07) is 17.1. The van der Waals surface area contributed by atoms with Gasteiger partial charge in [-0.2, -0.15) is 0 Å². The Hall–Kier alpha value is -2.08. The van der Waals surface area contributed by atoms with E-state index in [0.717, 1.165) is 16.6 Å². The summed E-state index contributed by atoms with van der Waals surface area (Å²) in [5, 5.41) is 13.8. The van der Waals surface area contributed by atoms with Crippen molar-refractivity contribution in [2.24, 2.45) is 0 Å². The number of para-hydroxylation sites is 2. The maximum Gasteiger partial charge on any atom is 0.330 e. The molecule has 0 saturated heterocycles. The topological polar surface area (TPSA) is 59.2 Å². The third kappa shape index (κ3) is 3.56. The molecular formula is C20H26ClN3O2. The molecule has 6 heteroatoms. The smallest absolute Gasteiger partial charge is 0.330 e. The van der Waals surface area contributed by atoms with Crippen LogP contribution in [0.15, 0.2) is 59.4 Å². The van der Waals surface area contributed by atoms with Gasteiger partial charge in [-0.3, -0.25) is 9.13 Å². The van der Waals surface area contributed by atoms with E-state index in [1.165, 1.54) is 0 Å². The number of rotatable bonds is 6. The number of aromatic nitrogens is 2. The molecule has 0 bridgehead atoms. The average Bonchev–Trinajstić information content (AvgIpc) is 2.89. The average molecular weight is 376 g/mol. The number of nitrogens with zero attached hydrogens (tertiary/aromatic N) is 2. The number of likely N-dealkylation sites (N-methyl/N-ethyl adjacent to an activating group) is 1. The molecule has 0 aliphatic heterocycles. The molecule has 0 amide bonds. The Morgan fingerprint density at radius 3 is 2.04 bits per heavy atom. The van der Waals surface area contributed by atoms with Crippen LogP contribution < -0.4 is 11.0 Å². The third-order valence-corrected chi connectivity index (χ3v) is 4.53. The van der Waals surface area contributed by atoms with Crippen molar-refractivity contribution in [2.45, 2.75) is 32.0 Å². The number of fused-ring (bicyclic) bond motifs is 1. The zero-order valence-corrected chi connectivity index (χ0v) is 16.1. The summed E-state index contributed by atoms with van der Waals surface area (Å²) in [6.07, 6.45) is -0.725. The lowest BCUT2D eigenvalue weighted by molar-refractivity contribution is 0.130. The molecule has 0 aliphatic rings. The molecule has 3 aromatic rings. The van der Waals surface area contributed by atoms with Crippen molar-refractivity contribution in [2.75, 3.05) is 13.6 Å². The molecule has 0 unspecified atom stereocenters. The fraction of sp³-hybridized carbons (Fsp3) is 0.350. The number of aliphatic hydroxyl groups excluding tert-OH is 1. The normalized spacial score (nSPS) is 13.6. The molecule has 3 rings (SSSR count). The predicted molar refractivity (Wildman–Crippen MR) is 108 cm³/mol. The quantitative estimate of drug-likeness (QED) is 0.696. The minimum atomic E-state index is -0.725. The summed E-state index contributed by atoms with van der Waals surface area (Å²) < 4.78 is 3.52. The third-order valence-electron chi connectivity index (χ3n) is 4.53. The van der Waals surface area contributed by atoms with Gasteiger partial charge in [0.2, 0.25) is 0 Å². The fourth-order valence-electron chi connectivity index (χ4n) is 3.48. The second kappa shape index (κ2) is 8.54. The van der Waals surface area contributed by atoms with Gasteiger partial charge in [0.15, 0.2) is 0 Å². The highest BCUT2D eigenvalue weighted by molar-refractivity contribution is 5.85. The lowest BCUT2D eigenvalue weighted by Crippen LogP contribution is -2.38. The van der Waals surface area contributed by atoms with E-state index in [-0.39, 0.29) is 24.1 Å². The largest absolute Gasteiger partial charge is 0.389 e. The van der Waals surface area contributed by atoms with Gasteiger partial charge in [-0.15, -0.1) is 12.4 Å². The molecule has 5 nitrogen and oxygen atoms in total. The van der Waals surface area contributed by atoms with Gasteiger partial charge >= 0.3 is 5.69 Å². The predicted octanol–water partition coefficient (Wildman–Crippen LogP) is 2.98. The molecule has 0 radical (unpaired) electrons. The van der Waals surface area contributed by atoms with E-state index in [4.69, 9.17) is 0 Å². The number of benzene rings is 2. The van der Waals surface area contributed by atoms with Crippen molar-refractivity contribution in [1.82, 2.24) is 14.5 Å². The van der Waals surface area contributed by atoms with Crippen LogP contribution in [0, 0.1) is 0 Å². The van der Waals surface area contributed by atoms with Gasteiger partial charge in [0.05, 0.1) is 23.2 Å². The highest BCUT2D eigenvalue weighted by Gasteiger charge is 2.28. The van der Waals surface area contributed by atoms with Crippen LogP contribution in [0.4, 0.5) is 0 Å².